The molecule has 4 N–H and O–H groups in total. The third-order valence-corrected chi connectivity index (χ3v) is 6.58. The SMILES string of the molecule is CC(C)CC(NC(=O)OC(Cc1cccc(Cl)c1)c1ccccc1)C(=O)NC(C[C@@H]1CCNC1=O)C(=O)O. The maximum atomic E-state index is 13.1. The van der Waals surface area contributed by atoms with Crippen molar-refractivity contribution in [2.24, 2.45) is 11.8 Å². The number of benzene rings is 2. The first-order chi connectivity index (χ1) is 18.1. The zero-order valence-electron chi connectivity index (χ0n) is 21.5. The molecule has 0 spiro atoms. The second-order valence-corrected chi connectivity index (χ2v) is 10.3. The average molecular weight is 544 g/mol. The van der Waals surface area contributed by atoms with Crippen LogP contribution >= 0.6 is 11.6 Å². The maximum absolute atomic E-state index is 13.1. The Hall–Kier alpha value is -3.59. The van der Waals surface area contributed by atoms with E-state index < -0.39 is 42.1 Å². The first-order valence-electron chi connectivity index (χ1n) is 12.7. The molecule has 4 atom stereocenters. The van der Waals surface area contributed by atoms with Crippen molar-refractivity contribution in [1.29, 1.82) is 0 Å². The van der Waals surface area contributed by atoms with Crippen molar-refractivity contribution in [1.82, 2.24) is 16.0 Å². The summed E-state index contributed by atoms with van der Waals surface area (Å²) in [5.74, 6) is -2.58. The highest BCUT2D eigenvalue weighted by Crippen LogP contribution is 2.24. The van der Waals surface area contributed by atoms with Crippen LogP contribution in [0.3, 0.4) is 0 Å². The molecule has 0 saturated carbocycles. The van der Waals surface area contributed by atoms with E-state index in [9.17, 15) is 24.3 Å². The Morgan fingerprint density at radius 1 is 1.08 bits per heavy atom. The van der Waals surface area contributed by atoms with Gasteiger partial charge in [0.1, 0.15) is 18.2 Å². The van der Waals surface area contributed by atoms with Gasteiger partial charge in [-0.15, -0.1) is 0 Å². The fraction of sp³-hybridized carbons (Fsp3) is 0.429. The molecule has 1 aliphatic heterocycles. The molecule has 0 bridgehead atoms. The van der Waals surface area contributed by atoms with Crippen molar-refractivity contribution in [3.63, 3.8) is 0 Å². The van der Waals surface area contributed by atoms with Crippen LogP contribution in [-0.2, 0) is 25.5 Å². The van der Waals surface area contributed by atoms with Crippen LogP contribution in [0.15, 0.2) is 54.6 Å². The van der Waals surface area contributed by atoms with Gasteiger partial charge < -0.3 is 25.8 Å². The van der Waals surface area contributed by atoms with Gasteiger partial charge in [-0.2, -0.15) is 0 Å². The number of rotatable bonds is 12. The number of carbonyl (C=O) groups excluding carboxylic acids is 3. The minimum atomic E-state index is -1.26. The molecule has 1 fully saturated rings. The monoisotopic (exact) mass is 543 g/mol. The summed E-state index contributed by atoms with van der Waals surface area (Å²) in [7, 11) is 0. The van der Waals surface area contributed by atoms with Gasteiger partial charge in [0.15, 0.2) is 0 Å². The van der Waals surface area contributed by atoms with Crippen molar-refractivity contribution < 1.29 is 29.0 Å². The van der Waals surface area contributed by atoms with Crippen molar-refractivity contribution in [2.75, 3.05) is 6.54 Å². The summed E-state index contributed by atoms with van der Waals surface area (Å²) in [6.45, 7) is 4.25. The Kier molecular flexibility index (Phi) is 10.5. The lowest BCUT2D eigenvalue weighted by atomic mass is 9.97. The fourth-order valence-corrected chi connectivity index (χ4v) is 4.64. The molecule has 3 amide bonds. The number of nitrogens with one attached hydrogen (secondary N) is 3. The molecule has 2 aromatic carbocycles. The number of carbonyl (C=O) groups is 4. The first-order valence-corrected chi connectivity index (χ1v) is 13.1. The molecule has 0 radical (unpaired) electrons. The van der Waals surface area contributed by atoms with Crippen LogP contribution in [0.1, 0.15) is 50.3 Å². The predicted octanol–water partition coefficient (Wildman–Crippen LogP) is 3.86. The quantitative estimate of drug-likeness (QED) is 0.321. The van der Waals surface area contributed by atoms with Crippen LogP contribution in [0.4, 0.5) is 4.79 Å². The lowest BCUT2D eigenvalue weighted by Gasteiger charge is -2.25. The van der Waals surface area contributed by atoms with Crippen LogP contribution in [-0.4, -0.2) is 47.6 Å². The van der Waals surface area contributed by atoms with E-state index in [1.807, 2.05) is 56.3 Å². The molecule has 1 heterocycles. The average Bonchev–Trinajstić information content (AvgIpc) is 3.27. The van der Waals surface area contributed by atoms with Gasteiger partial charge in [0, 0.05) is 23.9 Å². The van der Waals surface area contributed by atoms with Gasteiger partial charge in [0.25, 0.3) is 0 Å². The molecule has 2 aromatic rings. The van der Waals surface area contributed by atoms with Crippen LogP contribution < -0.4 is 16.0 Å². The summed E-state index contributed by atoms with van der Waals surface area (Å²) in [5, 5.41) is 18.0. The summed E-state index contributed by atoms with van der Waals surface area (Å²) in [5.41, 5.74) is 1.64. The van der Waals surface area contributed by atoms with E-state index in [-0.39, 0.29) is 24.7 Å². The van der Waals surface area contributed by atoms with E-state index in [4.69, 9.17) is 16.3 Å². The van der Waals surface area contributed by atoms with Crippen molar-refractivity contribution >= 4 is 35.5 Å². The van der Waals surface area contributed by atoms with Crippen molar-refractivity contribution in [3.05, 3.63) is 70.7 Å². The highest BCUT2D eigenvalue weighted by molar-refractivity contribution is 6.30. The zero-order chi connectivity index (χ0) is 27.7. The van der Waals surface area contributed by atoms with Gasteiger partial charge in [0.05, 0.1) is 0 Å². The highest BCUT2D eigenvalue weighted by Gasteiger charge is 2.33. The van der Waals surface area contributed by atoms with E-state index in [1.54, 1.807) is 12.1 Å². The molecule has 0 aliphatic carbocycles. The Labute approximate surface area is 227 Å². The number of hydrogen-bond donors (Lipinski definition) is 4. The molecule has 10 heteroatoms. The van der Waals surface area contributed by atoms with Crippen LogP contribution in [0.5, 0.6) is 0 Å². The maximum Gasteiger partial charge on any atom is 0.408 e. The predicted molar refractivity (Wildman–Crippen MR) is 142 cm³/mol. The molecule has 38 heavy (non-hydrogen) atoms. The summed E-state index contributed by atoms with van der Waals surface area (Å²) >= 11 is 6.13. The largest absolute Gasteiger partial charge is 0.480 e. The van der Waals surface area contributed by atoms with Gasteiger partial charge in [-0.05, 0) is 48.4 Å². The number of carboxylic acid groups (broad SMARTS) is 1. The van der Waals surface area contributed by atoms with Crippen molar-refractivity contribution in [3.8, 4) is 0 Å². The first kappa shape index (κ1) is 29.0. The fourth-order valence-electron chi connectivity index (χ4n) is 4.43. The van der Waals surface area contributed by atoms with Gasteiger partial charge >= 0.3 is 12.1 Å². The molecule has 0 aromatic heterocycles. The van der Waals surface area contributed by atoms with Gasteiger partial charge in [-0.25, -0.2) is 9.59 Å². The number of hydrogen-bond acceptors (Lipinski definition) is 5. The number of ether oxygens (including phenoxy) is 1. The second kappa shape index (κ2) is 13.8. The molecular weight excluding hydrogens is 510 g/mol. The van der Waals surface area contributed by atoms with Crippen molar-refractivity contribution in [2.45, 2.75) is 57.7 Å². The third kappa shape index (κ3) is 8.76. The summed E-state index contributed by atoms with van der Waals surface area (Å²) < 4.78 is 5.77. The number of aliphatic carboxylic acids is 1. The number of carboxylic acids is 1. The Morgan fingerprint density at radius 3 is 2.42 bits per heavy atom. The lowest BCUT2D eigenvalue weighted by molar-refractivity contribution is -0.143. The number of amides is 3. The smallest absolute Gasteiger partial charge is 0.408 e. The van der Waals surface area contributed by atoms with Gasteiger partial charge in [-0.1, -0.05) is 67.9 Å². The minimum Gasteiger partial charge on any atom is -0.480 e. The molecule has 1 aliphatic rings. The molecular formula is C28H34ClN3O6. The molecule has 3 unspecified atom stereocenters. The van der Waals surface area contributed by atoms with Crippen LogP contribution in [0.2, 0.25) is 5.02 Å². The Morgan fingerprint density at radius 2 is 1.82 bits per heavy atom. The minimum absolute atomic E-state index is 0.0197. The second-order valence-electron chi connectivity index (χ2n) is 9.88. The molecule has 9 nitrogen and oxygen atoms in total. The standard InChI is InChI=1S/C28H34ClN3O6/c1-17(2)13-22(26(34)31-23(27(35)36)16-20-11-12-30-25(20)33)32-28(37)38-24(19-8-4-3-5-9-19)15-18-7-6-10-21(29)14-18/h3-10,14,17,20,22-24H,11-13,15-16H2,1-2H3,(H,30,33)(H,31,34)(H,32,37)(H,35,36)/t20-,22?,23?,24?/m0/s1. The van der Waals surface area contributed by atoms with E-state index in [0.717, 1.165) is 11.1 Å². The molecule has 204 valence electrons. The molecule has 3 rings (SSSR count). The topological polar surface area (TPSA) is 134 Å². The molecule has 1 saturated heterocycles. The van der Waals surface area contributed by atoms with Gasteiger partial charge in [-0.3, -0.25) is 9.59 Å². The Bertz CT molecular complexity index is 1130. The van der Waals surface area contributed by atoms with E-state index in [1.165, 1.54) is 0 Å². The normalized spacial score (nSPS) is 17.3. The Balaban J connectivity index is 1.71. The summed E-state index contributed by atoms with van der Waals surface area (Å²) in [4.78, 5) is 49.9. The number of halogens is 1. The van der Waals surface area contributed by atoms with E-state index >= 15 is 0 Å². The zero-order valence-corrected chi connectivity index (χ0v) is 22.2. The van der Waals surface area contributed by atoms with Gasteiger partial charge in [0.2, 0.25) is 11.8 Å². The van der Waals surface area contributed by atoms with Crippen LogP contribution in [0, 0.1) is 11.8 Å². The van der Waals surface area contributed by atoms with E-state index in [0.29, 0.717) is 24.4 Å². The highest BCUT2D eigenvalue weighted by atomic mass is 35.5. The summed E-state index contributed by atoms with van der Waals surface area (Å²) in [6, 6.07) is 14.2. The third-order valence-electron chi connectivity index (χ3n) is 6.34. The van der Waals surface area contributed by atoms with E-state index in [2.05, 4.69) is 16.0 Å². The summed E-state index contributed by atoms with van der Waals surface area (Å²) in [6.07, 6.45) is -0.341. The lowest BCUT2D eigenvalue weighted by Crippen LogP contribution is -2.52. The number of alkyl carbamates (subject to hydrolysis) is 1. The van der Waals surface area contributed by atoms with Crippen LogP contribution in [0.25, 0.3) is 0 Å².